The monoisotopic (exact) mass is 514 g/mol. The van der Waals surface area contributed by atoms with Crippen molar-refractivity contribution >= 4 is 62.8 Å². The highest BCUT2D eigenvalue weighted by Crippen LogP contribution is 2.20. The summed E-state index contributed by atoms with van der Waals surface area (Å²) >= 11 is 9.16. The number of anilines is 2. The van der Waals surface area contributed by atoms with Crippen LogP contribution in [0.4, 0.5) is 11.4 Å². The molecule has 0 heterocycles. The second-order valence-electron chi connectivity index (χ2n) is 6.36. The van der Waals surface area contributed by atoms with Crippen molar-refractivity contribution in [1.82, 2.24) is 5.43 Å². The molecule has 32 heavy (non-hydrogen) atoms. The lowest BCUT2D eigenvalue weighted by molar-refractivity contribution is -0.136. The molecule has 0 aliphatic rings. The Hall–Kier alpha value is -3.69. The molecule has 0 atom stereocenters. The second-order valence-corrected chi connectivity index (χ2v) is 7.72. The Labute approximate surface area is 196 Å². The van der Waals surface area contributed by atoms with Crippen molar-refractivity contribution in [2.24, 2.45) is 5.10 Å². The van der Waals surface area contributed by atoms with E-state index in [0.29, 0.717) is 10.7 Å². The Morgan fingerprint density at radius 1 is 0.938 bits per heavy atom. The number of carbonyl (C=O) groups is 3. The zero-order chi connectivity index (χ0) is 23.1. The smallest absolute Gasteiger partial charge is 0.329 e. The van der Waals surface area contributed by atoms with E-state index in [0.717, 1.165) is 10.7 Å². The summed E-state index contributed by atoms with van der Waals surface area (Å²) in [5, 5.41) is 18.8. The first-order valence-corrected chi connectivity index (χ1v) is 10.3. The number of phenols is 1. The number of nitrogens with zero attached hydrogens (tertiary/aromatic N) is 1. The summed E-state index contributed by atoms with van der Waals surface area (Å²) in [5.74, 6) is -2.65. The van der Waals surface area contributed by atoms with Crippen molar-refractivity contribution in [3.63, 3.8) is 0 Å². The van der Waals surface area contributed by atoms with Crippen LogP contribution in [-0.2, 0) is 9.59 Å². The Bertz CT molecular complexity index is 1200. The van der Waals surface area contributed by atoms with Crippen molar-refractivity contribution in [3.05, 3.63) is 87.4 Å². The molecule has 3 aromatic carbocycles. The minimum Gasteiger partial charge on any atom is -0.507 e. The lowest BCUT2D eigenvalue weighted by atomic mass is 10.1. The van der Waals surface area contributed by atoms with E-state index in [1.54, 1.807) is 36.4 Å². The highest BCUT2D eigenvalue weighted by atomic mass is 79.9. The van der Waals surface area contributed by atoms with Crippen LogP contribution in [0.1, 0.15) is 15.9 Å². The summed E-state index contributed by atoms with van der Waals surface area (Å²) in [6, 6.07) is 17.5. The average molecular weight is 516 g/mol. The minimum absolute atomic E-state index is 0.0948. The van der Waals surface area contributed by atoms with Crippen molar-refractivity contribution in [2.45, 2.75) is 0 Å². The Balaban J connectivity index is 1.65. The van der Waals surface area contributed by atoms with E-state index in [4.69, 9.17) is 11.6 Å². The number of aromatic hydroxyl groups is 1. The highest BCUT2D eigenvalue weighted by Gasteiger charge is 2.18. The van der Waals surface area contributed by atoms with Crippen LogP contribution in [-0.4, -0.2) is 29.0 Å². The first-order chi connectivity index (χ1) is 15.3. The number of nitrogens with one attached hydrogen (secondary N) is 3. The molecule has 0 spiro atoms. The normalized spacial score (nSPS) is 10.6. The second kappa shape index (κ2) is 10.6. The zero-order valence-corrected chi connectivity index (χ0v) is 18.6. The van der Waals surface area contributed by atoms with Gasteiger partial charge in [0.05, 0.1) is 17.5 Å². The van der Waals surface area contributed by atoms with Gasteiger partial charge in [0.25, 0.3) is 5.91 Å². The van der Waals surface area contributed by atoms with E-state index in [-0.39, 0.29) is 22.6 Å². The van der Waals surface area contributed by atoms with E-state index in [1.807, 2.05) is 0 Å². The third-order valence-corrected chi connectivity index (χ3v) is 4.85. The molecule has 0 saturated carbocycles. The fourth-order valence-corrected chi connectivity index (χ4v) is 2.99. The van der Waals surface area contributed by atoms with Gasteiger partial charge in [-0.2, -0.15) is 5.10 Å². The maximum absolute atomic E-state index is 12.6. The van der Waals surface area contributed by atoms with Gasteiger partial charge in [-0.15, -0.1) is 0 Å². The topological polar surface area (TPSA) is 120 Å². The number of hydrogen-bond acceptors (Lipinski definition) is 5. The number of phenolic OH excluding ortho intramolecular Hbond substituents is 1. The number of hydrazone groups is 1. The van der Waals surface area contributed by atoms with Crippen LogP contribution in [0, 0.1) is 0 Å². The van der Waals surface area contributed by atoms with Gasteiger partial charge in [0.1, 0.15) is 5.75 Å². The van der Waals surface area contributed by atoms with Crippen LogP contribution in [0.25, 0.3) is 0 Å². The van der Waals surface area contributed by atoms with Crippen LogP contribution in [0.2, 0.25) is 5.02 Å². The molecule has 0 bridgehead atoms. The molecule has 3 aromatic rings. The predicted molar refractivity (Wildman–Crippen MR) is 126 cm³/mol. The maximum Gasteiger partial charge on any atom is 0.329 e. The number of para-hydroxylation sites is 1. The molecule has 8 nitrogen and oxygen atoms in total. The van der Waals surface area contributed by atoms with Gasteiger partial charge in [0.15, 0.2) is 0 Å². The first kappa shape index (κ1) is 23.0. The molecule has 4 N–H and O–H groups in total. The van der Waals surface area contributed by atoms with Crippen LogP contribution in [0.3, 0.4) is 0 Å². The first-order valence-electron chi connectivity index (χ1n) is 9.12. The number of rotatable bonds is 5. The van der Waals surface area contributed by atoms with Gasteiger partial charge >= 0.3 is 11.8 Å². The predicted octanol–water partition coefficient (Wildman–Crippen LogP) is 4.15. The molecule has 3 amide bonds. The Morgan fingerprint density at radius 3 is 2.41 bits per heavy atom. The third kappa shape index (κ3) is 6.16. The summed E-state index contributed by atoms with van der Waals surface area (Å²) in [6.45, 7) is 0. The molecule has 0 fully saturated rings. The number of benzene rings is 3. The third-order valence-electron chi connectivity index (χ3n) is 4.09. The van der Waals surface area contributed by atoms with Crippen molar-refractivity contribution in [2.75, 3.05) is 10.6 Å². The Kier molecular flexibility index (Phi) is 7.58. The zero-order valence-electron chi connectivity index (χ0n) is 16.3. The van der Waals surface area contributed by atoms with Crippen LogP contribution < -0.4 is 16.1 Å². The number of halogens is 2. The molecule has 0 radical (unpaired) electrons. The van der Waals surface area contributed by atoms with E-state index >= 15 is 0 Å². The molecule has 0 unspecified atom stereocenters. The van der Waals surface area contributed by atoms with E-state index in [1.165, 1.54) is 30.3 Å². The van der Waals surface area contributed by atoms with Crippen LogP contribution >= 0.6 is 27.5 Å². The highest BCUT2D eigenvalue weighted by molar-refractivity contribution is 9.10. The van der Waals surface area contributed by atoms with E-state index in [2.05, 4.69) is 37.1 Å². The summed E-state index contributed by atoms with van der Waals surface area (Å²) in [7, 11) is 0. The van der Waals surface area contributed by atoms with E-state index in [9.17, 15) is 19.5 Å². The van der Waals surface area contributed by atoms with Crippen molar-refractivity contribution in [3.8, 4) is 5.75 Å². The van der Waals surface area contributed by atoms with Gasteiger partial charge in [-0.3, -0.25) is 14.4 Å². The summed E-state index contributed by atoms with van der Waals surface area (Å²) in [6.07, 6.45) is 1.14. The number of hydrogen-bond donors (Lipinski definition) is 4. The molecule has 0 aliphatic heterocycles. The summed E-state index contributed by atoms with van der Waals surface area (Å²) in [5.41, 5.74) is 3.20. The van der Waals surface area contributed by atoms with Gasteiger partial charge < -0.3 is 15.7 Å². The molecule has 10 heteroatoms. The van der Waals surface area contributed by atoms with Crippen molar-refractivity contribution < 1.29 is 19.5 Å². The summed E-state index contributed by atoms with van der Waals surface area (Å²) in [4.78, 5) is 36.9. The summed E-state index contributed by atoms with van der Waals surface area (Å²) < 4.78 is 0.863. The SMILES string of the molecule is O=C(N/N=C/c1cc(Cl)ccc1O)C(=O)Nc1ccccc1C(=O)Nc1ccc(Br)cc1. The number of amides is 3. The average Bonchev–Trinajstić information content (AvgIpc) is 2.78. The number of carbonyl (C=O) groups excluding carboxylic acids is 3. The maximum atomic E-state index is 12.6. The molecule has 3 rings (SSSR count). The molecule has 0 aromatic heterocycles. The molecular weight excluding hydrogens is 500 g/mol. The molecular formula is C22H16BrClN4O4. The van der Waals surface area contributed by atoms with E-state index < -0.39 is 17.7 Å². The van der Waals surface area contributed by atoms with Gasteiger partial charge in [0, 0.05) is 20.7 Å². The standard InChI is InChI=1S/C22H16BrClN4O4/c23-14-5-8-16(9-6-14)26-20(30)17-3-1-2-4-18(17)27-21(31)22(32)28-25-12-13-11-15(24)7-10-19(13)29/h1-12,29H,(H,26,30)(H,27,31)(H,28,32)/b25-12+. The van der Waals surface area contributed by atoms with Crippen LogP contribution in [0.5, 0.6) is 5.75 Å². The molecule has 162 valence electrons. The van der Waals surface area contributed by atoms with Crippen LogP contribution in [0.15, 0.2) is 76.3 Å². The quantitative estimate of drug-likeness (QED) is 0.232. The lowest BCUT2D eigenvalue weighted by Crippen LogP contribution is -2.33. The largest absolute Gasteiger partial charge is 0.507 e. The lowest BCUT2D eigenvalue weighted by Gasteiger charge is -2.11. The minimum atomic E-state index is -1.06. The Morgan fingerprint density at radius 2 is 1.66 bits per heavy atom. The van der Waals surface area contributed by atoms with Gasteiger partial charge in [-0.25, -0.2) is 5.43 Å². The van der Waals surface area contributed by atoms with Crippen molar-refractivity contribution in [1.29, 1.82) is 0 Å². The fourth-order valence-electron chi connectivity index (χ4n) is 2.54. The van der Waals surface area contributed by atoms with Gasteiger partial charge in [-0.05, 0) is 54.6 Å². The van der Waals surface area contributed by atoms with Gasteiger partial charge in [-0.1, -0.05) is 39.7 Å². The molecule has 0 aliphatic carbocycles. The fraction of sp³-hybridized carbons (Fsp3) is 0. The molecule has 0 saturated heterocycles. The van der Waals surface area contributed by atoms with Gasteiger partial charge in [0.2, 0.25) is 0 Å².